The summed E-state index contributed by atoms with van der Waals surface area (Å²) in [6.45, 7) is 7.69. The lowest BCUT2D eigenvalue weighted by Crippen LogP contribution is -2.11. The maximum Gasteiger partial charge on any atom is 0.187 e. The molecule has 5 nitrogen and oxygen atoms in total. The molecule has 0 radical (unpaired) electrons. The van der Waals surface area contributed by atoms with Gasteiger partial charge in [-0.15, -0.1) is 0 Å². The van der Waals surface area contributed by atoms with Crippen LogP contribution >= 0.6 is 0 Å². The van der Waals surface area contributed by atoms with Crippen molar-refractivity contribution in [2.24, 2.45) is 5.92 Å². The highest BCUT2D eigenvalue weighted by molar-refractivity contribution is 6.01. The molecule has 0 fully saturated rings. The Balaban J connectivity index is 2.19. The standard InChI is InChI=1S/C18H20N4O/c1-11(2)17(23)16-18(20-14-9-5-7-12(3)19-14)22-13(4)8-6-10-15(22)21-16/h5-11H,1-4H3,(H,19,20). The third-order valence-electron chi connectivity index (χ3n) is 3.73. The quantitative estimate of drug-likeness (QED) is 0.742. The summed E-state index contributed by atoms with van der Waals surface area (Å²) in [5.41, 5.74) is 3.13. The van der Waals surface area contributed by atoms with Gasteiger partial charge in [-0.05, 0) is 38.1 Å². The topological polar surface area (TPSA) is 59.3 Å². The molecule has 0 aliphatic carbocycles. The minimum absolute atomic E-state index is 0.0169. The summed E-state index contributed by atoms with van der Waals surface area (Å²) in [5, 5.41) is 3.28. The van der Waals surface area contributed by atoms with Crippen LogP contribution in [0.3, 0.4) is 0 Å². The molecule has 0 unspecified atom stereocenters. The number of nitrogens with one attached hydrogen (secondary N) is 1. The number of ketones is 1. The van der Waals surface area contributed by atoms with Gasteiger partial charge < -0.3 is 5.32 Å². The fourth-order valence-electron chi connectivity index (χ4n) is 2.55. The highest BCUT2D eigenvalue weighted by Crippen LogP contribution is 2.25. The second-order valence-electron chi connectivity index (χ2n) is 5.98. The van der Waals surface area contributed by atoms with Gasteiger partial charge in [-0.3, -0.25) is 9.20 Å². The van der Waals surface area contributed by atoms with Gasteiger partial charge in [0.15, 0.2) is 5.78 Å². The van der Waals surface area contributed by atoms with E-state index in [2.05, 4.69) is 15.3 Å². The number of aryl methyl sites for hydroxylation is 2. The van der Waals surface area contributed by atoms with Gasteiger partial charge in [0, 0.05) is 17.3 Å². The van der Waals surface area contributed by atoms with E-state index < -0.39 is 0 Å². The van der Waals surface area contributed by atoms with Crippen LogP contribution in [0.2, 0.25) is 0 Å². The molecular formula is C18H20N4O. The van der Waals surface area contributed by atoms with Gasteiger partial charge in [-0.2, -0.15) is 0 Å². The molecule has 0 atom stereocenters. The molecule has 0 aliphatic rings. The van der Waals surface area contributed by atoms with Crippen molar-refractivity contribution in [1.29, 1.82) is 0 Å². The van der Waals surface area contributed by atoms with E-state index in [9.17, 15) is 4.79 Å². The van der Waals surface area contributed by atoms with Crippen LogP contribution in [0.4, 0.5) is 11.6 Å². The van der Waals surface area contributed by atoms with Gasteiger partial charge in [-0.1, -0.05) is 26.0 Å². The van der Waals surface area contributed by atoms with Crippen molar-refractivity contribution < 1.29 is 4.79 Å². The maximum absolute atomic E-state index is 12.6. The molecule has 3 aromatic heterocycles. The van der Waals surface area contributed by atoms with E-state index in [1.807, 2.05) is 68.5 Å². The van der Waals surface area contributed by atoms with E-state index in [1.165, 1.54) is 0 Å². The third kappa shape index (κ3) is 2.82. The molecule has 0 aliphatic heterocycles. The first-order valence-electron chi connectivity index (χ1n) is 7.70. The van der Waals surface area contributed by atoms with Crippen molar-refractivity contribution in [1.82, 2.24) is 14.4 Å². The van der Waals surface area contributed by atoms with E-state index in [-0.39, 0.29) is 11.7 Å². The summed E-state index contributed by atoms with van der Waals surface area (Å²) in [6, 6.07) is 11.6. The number of carbonyl (C=O) groups is 1. The fourth-order valence-corrected chi connectivity index (χ4v) is 2.55. The zero-order chi connectivity index (χ0) is 16.6. The number of nitrogens with zero attached hydrogens (tertiary/aromatic N) is 3. The van der Waals surface area contributed by atoms with Gasteiger partial charge in [0.1, 0.15) is 23.0 Å². The SMILES string of the molecule is Cc1cccc(Nc2c(C(=O)C(C)C)nc3cccc(C)n23)n1. The zero-order valence-electron chi connectivity index (χ0n) is 13.8. The summed E-state index contributed by atoms with van der Waals surface area (Å²) in [5.74, 6) is 1.28. The van der Waals surface area contributed by atoms with Crippen LogP contribution in [0.25, 0.3) is 5.65 Å². The molecule has 23 heavy (non-hydrogen) atoms. The number of imidazole rings is 1. The number of hydrogen-bond acceptors (Lipinski definition) is 4. The van der Waals surface area contributed by atoms with Crippen molar-refractivity contribution in [2.75, 3.05) is 5.32 Å². The van der Waals surface area contributed by atoms with E-state index in [0.717, 1.165) is 17.0 Å². The number of rotatable bonds is 4. The lowest BCUT2D eigenvalue weighted by Gasteiger charge is -2.10. The molecule has 0 saturated heterocycles. The Kier molecular flexibility index (Phi) is 3.86. The van der Waals surface area contributed by atoms with Crippen LogP contribution in [0.15, 0.2) is 36.4 Å². The number of carbonyl (C=O) groups excluding carboxylic acids is 1. The van der Waals surface area contributed by atoms with Crippen molar-refractivity contribution in [3.05, 3.63) is 53.5 Å². The second-order valence-corrected chi connectivity index (χ2v) is 5.98. The minimum atomic E-state index is -0.119. The highest BCUT2D eigenvalue weighted by atomic mass is 16.1. The van der Waals surface area contributed by atoms with E-state index in [0.29, 0.717) is 17.3 Å². The maximum atomic E-state index is 12.6. The van der Waals surface area contributed by atoms with Gasteiger partial charge >= 0.3 is 0 Å². The van der Waals surface area contributed by atoms with Crippen LogP contribution < -0.4 is 5.32 Å². The Bertz CT molecular complexity index is 880. The Hall–Kier alpha value is -2.69. The monoisotopic (exact) mass is 308 g/mol. The summed E-state index contributed by atoms with van der Waals surface area (Å²) < 4.78 is 1.96. The number of anilines is 2. The first-order chi connectivity index (χ1) is 11.0. The van der Waals surface area contributed by atoms with Crippen molar-refractivity contribution in [3.63, 3.8) is 0 Å². The van der Waals surface area contributed by atoms with E-state index >= 15 is 0 Å². The third-order valence-corrected chi connectivity index (χ3v) is 3.73. The summed E-state index contributed by atoms with van der Waals surface area (Å²) in [4.78, 5) is 21.6. The molecular weight excluding hydrogens is 288 g/mol. The number of fused-ring (bicyclic) bond motifs is 1. The molecule has 118 valence electrons. The summed E-state index contributed by atoms with van der Waals surface area (Å²) in [6.07, 6.45) is 0. The largest absolute Gasteiger partial charge is 0.324 e. The Morgan fingerprint density at radius 3 is 2.52 bits per heavy atom. The number of hydrogen-bond donors (Lipinski definition) is 1. The van der Waals surface area contributed by atoms with Gasteiger partial charge in [0.25, 0.3) is 0 Å². The molecule has 3 aromatic rings. The van der Waals surface area contributed by atoms with E-state index in [4.69, 9.17) is 0 Å². The summed E-state index contributed by atoms with van der Waals surface area (Å²) in [7, 11) is 0. The van der Waals surface area contributed by atoms with Crippen LogP contribution in [0.1, 0.15) is 35.7 Å². The lowest BCUT2D eigenvalue weighted by atomic mass is 10.1. The fraction of sp³-hybridized carbons (Fsp3) is 0.278. The number of aromatic nitrogens is 3. The van der Waals surface area contributed by atoms with Crippen LogP contribution in [0.5, 0.6) is 0 Å². The van der Waals surface area contributed by atoms with Crippen LogP contribution in [-0.4, -0.2) is 20.2 Å². The van der Waals surface area contributed by atoms with Gasteiger partial charge in [-0.25, -0.2) is 9.97 Å². The molecule has 5 heteroatoms. The Morgan fingerprint density at radius 2 is 1.83 bits per heavy atom. The highest BCUT2D eigenvalue weighted by Gasteiger charge is 2.22. The molecule has 0 saturated carbocycles. The first-order valence-corrected chi connectivity index (χ1v) is 7.70. The summed E-state index contributed by atoms with van der Waals surface area (Å²) >= 11 is 0. The predicted octanol–water partition coefficient (Wildman–Crippen LogP) is 3.93. The van der Waals surface area contributed by atoms with Crippen LogP contribution in [0, 0.1) is 19.8 Å². The average molecular weight is 308 g/mol. The Labute approximate surface area is 135 Å². The smallest absolute Gasteiger partial charge is 0.187 e. The molecule has 0 spiro atoms. The molecule has 1 N–H and O–H groups in total. The van der Waals surface area contributed by atoms with Crippen molar-refractivity contribution in [3.8, 4) is 0 Å². The average Bonchev–Trinajstić information content (AvgIpc) is 2.86. The first kappa shape index (κ1) is 15.2. The molecule has 3 heterocycles. The second kappa shape index (κ2) is 5.83. The van der Waals surface area contributed by atoms with Crippen LogP contribution in [-0.2, 0) is 0 Å². The molecule has 0 aromatic carbocycles. The molecule has 0 amide bonds. The molecule has 0 bridgehead atoms. The normalized spacial score (nSPS) is 11.2. The Morgan fingerprint density at radius 1 is 1.09 bits per heavy atom. The number of pyridine rings is 2. The minimum Gasteiger partial charge on any atom is -0.324 e. The number of Topliss-reactive ketones (excluding diaryl/α,β-unsaturated/α-hetero) is 1. The van der Waals surface area contributed by atoms with E-state index in [1.54, 1.807) is 0 Å². The van der Waals surface area contributed by atoms with Crippen molar-refractivity contribution in [2.45, 2.75) is 27.7 Å². The predicted molar refractivity (Wildman–Crippen MR) is 91.4 cm³/mol. The lowest BCUT2D eigenvalue weighted by molar-refractivity contribution is 0.0936. The van der Waals surface area contributed by atoms with Crippen molar-refractivity contribution >= 4 is 23.1 Å². The van der Waals surface area contributed by atoms with Gasteiger partial charge in [0.2, 0.25) is 0 Å². The molecule has 3 rings (SSSR count). The van der Waals surface area contributed by atoms with Gasteiger partial charge in [0.05, 0.1) is 0 Å². The zero-order valence-corrected chi connectivity index (χ0v) is 13.8.